The molecule has 2 aromatic rings. The first-order chi connectivity index (χ1) is 12.2. The molecule has 130 valence electrons. The molecule has 0 atom stereocenters. The second-order valence-corrected chi connectivity index (χ2v) is 6.15. The van der Waals surface area contributed by atoms with Gasteiger partial charge in [-0.1, -0.05) is 87.0 Å². The zero-order chi connectivity index (χ0) is 17.9. The van der Waals surface area contributed by atoms with Crippen LogP contribution in [0.3, 0.4) is 0 Å². The normalized spacial score (nSPS) is 11.7. The maximum Gasteiger partial charge on any atom is 0.132 e. The van der Waals surface area contributed by atoms with E-state index in [0.717, 1.165) is 35.6 Å². The second-order valence-electron chi connectivity index (χ2n) is 6.15. The number of unbranched alkanes of at least 4 members (excludes halogenated alkanes) is 2. The first-order valence-electron chi connectivity index (χ1n) is 9.00. The molecule has 0 heterocycles. The molecule has 0 spiro atoms. The van der Waals surface area contributed by atoms with Crippen LogP contribution in [0.2, 0.25) is 0 Å². The van der Waals surface area contributed by atoms with Crippen molar-refractivity contribution in [3.63, 3.8) is 0 Å². The molecule has 0 amide bonds. The zero-order valence-corrected chi connectivity index (χ0v) is 15.3. The number of hydrogen-bond acceptors (Lipinski definition) is 1. The van der Waals surface area contributed by atoms with Gasteiger partial charge in [0.05, 0.1) is 0 Å². The fourth-order valence-corrected chi connectivity index (χ4v) is 2.54. The van der Waals surface area contributed by atoms with Crippen LogP contribution in [0.25, 0.3) is 6.08 Å². The molecule has 0 aromatic heterocycles. The van der Waals surface area contributed by atoms with E-state index in [1.165, 1.54) is 18.4 Å². The number of nitrogens with one attached hydrogen (secondary N) is 1. The van der Waals surface area contributed by atoms with Gasteiger partial charge in [0.1, 0.15) is 5.84 Å². The number of amidine groups is 1. The lowest BCUT2D eigenvalue weighted by Crippen LogP contribution is -2.24. The molecule has 1 N–H and O–H groups in total. The topological polar surface area (TPSA) is 24.4 Å². The number of aliphatic imine (C=N–C) groups is 1. The fourth-order valence-electron chi connectivity index (χ4n) is 2.54. The van der Waals surface area contributed by atoms with Crippen molar-refractivity contribution in [1.29, 1.82) is 0 Å². The Hall–Kier alpha value is -2.61. The average molecular weight is 332 g/mol. The van der Waals surface area contributed by atoms with Crippen LogP contribution >= 0.6 is 0 Å². The van der Waals surface area contributed by atoms with Crippen LogP contribution in [0.4, 0.5) is 0 Å². The van der Waals surface area contributed by atoms with Crippen molar-refractivity contribution in [3.8, 4) is 0 Å². The molecule has 0 aliphatic carbocycles. The number of allylic oxidation sites excluding steroid dienone is 1. The lowest BCUT2D eigenvalue weighted by molar-refractivity contribution is 0.727. The molecule has 25 heavy (non-hydrogen) atoms. The highest BCUT2D eigenvalue weighted by Gasteiger charge is 2.06. The molecule has 0 saturated heterocycles. The number of hydrogen-bond donors (Lipinski definition) is 1. The molecule has 0 radical (unpaired) electrons. The molecule has 0 aliphatic rings. The minimum absolute atomic E-state index is 0.834. The molecular formula is C23H28N2. The molecule has 2 rings (SSSR count). The van der Waals surface area contributed by atoms with Gasteiger partial charge in [0.15, 0.2) is 0 Å². The van der Waals surface area contributed by atoms with Gasteiger partial charge >= 0.3 is 0 Å². The van der Waals surface area contributed by atoms with E-state index < -0.39 is 0 Å². The maximum atomic E-state index is 4.80. The highest BCUT2D eigenvalue weighted by molar-refractivity contribution is 6.01. The van der Waals surface area contributed by atoms with Crippen molar-refractivity contribution >= 4 is 11.9 Å². The summed E-state index contributed by atoms with van der Waals surface area (Å²) in [5, 5.41) is 3.39. The number of rotatable bonds is 8. The zero-order valence-electron chi connectivity index (χ0n) is 15.3. The number of aryl methyl sites for hydroxylation is 1. The van der Waals surface area contributed by atoms with Crippen molar-refractivity contribution in [2.45, 2.75) is 33.1 Å². The Morgan fingerprint density at radius 1 is 1.04 bits per heavy atom. The Kier molecular flexibility index (Phi) is 7.71. The molecule has 0 fully saturated rings. The standard InChI is InChI=1S/C23H28N2/c1-4-5-11-18-24-23(22-15-10-9-12-19(22)2)25-20(3)16-17-21-13-7-6-8-14-21/h6-10,12-17H,3-5,11,18H2,1-2H3,(H,24,25)/b17-16+. The van der Waals surface area contributed by atoms with Crippen LogP contribution < -0.4 is 5.32 Å². The lowest BCUT2D eigenvalue weighted by Gasteiger charge is -2.13. The Balaban J connectivity index is 2.11. The van der Waals surface area contributed by atoms with E-state index in [1.807, 2.05) is 30.3 Å². The second kappa shape index (κ2) is 10.3. The first-order valence-corrected chi connectivity index (χ1v) is 9.00. The average Bonchev–Trinajstić information content (AvgIpc) is 2.64. The van der Waals surface area contributed by atoms with E-state index in [9.17, 15) is 0 Å². The molecule has 0 unspecified atom stereocenters. The molecule has 2 nitrogen and oxygen atoms in total. The smallest absolute Gasteiger partial charge is 0.132 e. The van der Waals surface area contributed by atoms with Gasteiger partial charge in [-0.3, -0.25) is 4.99 Å². The highest BCUT2D eigenvalue weighted by atomic mass is 15.0. The molecule has 2 heteroatoms. The first kappa shape index (κ1) is 18.7. The molecule has 0 aliphatic heterocycles. The third kappa shape index (κ3) is 6.42. The Bertz CT molecular complexity index is 727. The minimum Gasteiger partial charge on any atom is -0.341 e. The molecule has 0 saturated carbocycles. The van der Waals surface area contributed by atoms with Gasteiger partial charge in [0.25, 0.3) is 0 Å². The summed E-state index contributed by atoms with van der Waals surface area (Å²) in [6.07, 6.45) is 7.57. The van der Waals surface area contributed by atoms with Crippen molar-refractivity contribution in [2.24, 2.45) is 4.99 Å². The Labute approximate surface area is 152 Å². The summed E-state index contributed by atoms with van der Waals surface area (Å²) >= 11 is 0. The van der Waals surface area contributed by atoms with Gasteiger partial charge in [0, 0.05) is 17.8 Å². The van der Waals surface area contributed by atoms with Gasteiger partial charge in [-0.2, -0.15) is 0 Å². The quantitative estimate of drug-likeness (QED) is 0.283. The van der Waals surface area contributed by atoms with Crippen LogP contribution in [0, 0.1) is 6.92 Å². The monoisotopic (exact) mass is 332 g/mol. The van der Waals surface area contributed by atoms with Crippen LogP contribution in [0.15, 0.2) is 77.9 Å². The molecule has 0 bridgehead atoms. The van der Waals surface area contributed by atoms with Crippen LogP contribution in [0.1, 0.15) is 42.9 Å². The van der Waals surface area contributed by atoms with Gasteiger partial charge in [-0.05, 0) is 30.5 Å². The summed E-state index contributed by atoms with van der Waals surface area (Å²) < 4.78 is 0. The highest BCUT2D eigenvalue weighted by Crippen LogP contribution is 2.10. The van der Waals surface area contributed by atoms with Gasteiger partial charge < -0.3 is 5.32 Å². The van der Waals surface area contributed by atoms with Crippen LogP contribution in [0.5, 0.6) is 0 Å². The lowest BCUT2D eigenvalue weighted by atomic mass is 10.1. The van der Waals surface area contributed by atoms with E-state index in [-0.39, 0.29) is 0 Å². The van der Waals surface area contributed by atoms with E-state index in [1.54, 1.807) is 0 Å². The predicted molar refractivity (Wildman–Crippen MR) is 110 cm³/mol. The third-order valence-electron chi connectivity index (χ3n) is 3.99. The Morgan fingerprint density at radius 3 is 2.48 bits per heavy atom. The summed E-state index contributed by atoms with van der Waals surface area (Å²) in [7, 11) is 0. The molecular weight excluding hydrogens is 304 g/mol. The van der Waals surface area contributed by atoms with Crippen molar-refractivity contribution in [3.05, 3.63) is 89.6 Å². The number of benzene rings is 2. The Morgan fingerprint density at radius 2 is 1.76 bits per heavy atom. The summed E-state index contributed by atoms with van der Waals surface area (Å²) in [6.45, 7) is 9.28. The van der Waals surface area contributed by atoms with Crippen molar-refractivity contribution < 1.29 is 0 Å². The summed E-state index contributed by atoms with van der Waals surface area (Å²) in [5.41, 5.74) is 4.33. The SMILES string of the molecule is C=C(/C=C/c1ccccc1)NC(=NCCCCC)c1ccccc1C. The number of nitrogens with zero attached hydrogens (tertiary/aromatic N) is 1. The van der Waals surface area contributed by atoms with E-state index in [0.29, 0.717) is 0 Å². The van der Waals surface area contributed by atoms with Gasteiger partial charge in [0.2, 0.25) is 0 Å². The fraction of sp³-hybridized carbons (Fsp3) is 0.261. The third-order valence-corrected chi connectivity index (χ3v) is 3.99. The summed E-state index contributed by atoms with van der Waals surface area (Å²) in [4.78, 5) is 4.80. The summed E-state index contributed by atoms with van der Waals surface area (Å²) in [6, 6.07) is 18.6. The molecule has 2 aromatic carbocycles. The van der Waals surface area contributed by atoms with E-state index in [2.05, 4.69) is 62.2 Å². The minimum atomic E-state index is 0.834. The summed E-state index contributed by atoms with van der Waals surface area (Å²) in [5.74, 6) is 0.900. The van der Waals surface area contributed by atoms with Crippen molar-refractivity contribution in [2.75, 3.05) is 6.54 Å². The van der Waals surface area contributed by atoms with Crippen LogP contribution in [-0.4, -0.2) is 12.4 Å². The largest absolute Gasteiger partial charge is 0.341 e. The van der Waals surface area contributed by atoms with E-state index in [4.69, 9.17) is 4.99 Å². The van der Waals surface area contributed by atoms with Crippen LogP contribution in [-0.2, 0) is 0 Å². The predicted octanol–water partition coefficient (Wildman–Crippen LogP) is 5.75. The maximum absolute atomic E-state index is 4.80. The van der Waals surface area contributed by atoms with E-state index >= 15 is 0 Å². The van der Waals surface area contributed by atoms with Gasteiger partial charge in [-0.25, -0.2) is 0 Å². The van der Waals surface area contributed by atoms with Gasteiger partial charge in [-0.15, -0.1) is 0 Å². The van der Waals surface area contributed by atoms with Crippen molar-refractivity contribution in [1.82, 2.24) is 5.32 Å².